The molecule has 5 nitrogen and oxygen atoms in total. The summed E-state index contributed by atoms with van der Waals surface area (Å²) in [6.07, 6.45) is 0. The summed E-state index contributed by atoms with van der Waals surface area (Å²) in [5, 5.41) is 0.325. The molecule has 0 aliphatic rings. The summed E-state index contributed by atoms with van der Waals surface area (Å²) in [5.74, 6) is 1.57. The second-order valence-electron chi connectivity index (χ2n) is 4.37. The smallest absolute Gasteiger partial charge is 0.224 e. The number of hydrogen-bond donors (Lipinski definition) is 0. The van der Waals surface area contributed by atoms with Crippen LogP contribution in [0.15, 0.2) is 30.3 Å². The fourth-order valence-electron chi connectivity index (χ4n) is 1.63. The molecule has 6 heteroatoms. The predicted octanol–water partition coefficient (Wildman–Crippen LogP) is 3.13. The van der Waals surface area contributed by atoms with Crippen LogP contribution in [0.2, 0.25) is 5.15 Å². The van der Waals surface area contributed by atoms with Crippen LogP contribution in [0.3, 0.4) is 0 Å². The lowest BCUT2D eigenvalue weighted by molar-refractivity contribution is 0.177. The summed E-state index contributed by atoms with van der Waals surface area (Å²) in [5.41, 5.74) is 1.04. The molecule has 1 aromatic carbocycles. The van der Waals surface area contributed by atoms with Crippen molar-refractivity contribution in [3.05, 3.63) is 41.3 Å². The maximum absolute atomic E-state index is 5.94. The highest BCUT2D eigenvalue weighted by Crippen LogP contribution is 2.25. The molecular formula is C14H16ClN3O2. The van der Waals surface area contributed by atoms with Crippen LogP contribution in [0.25, 0.3) is 0 Å². The molecule has 0 atom stereocenters. The number of nitrogens with zero attached hydrogens (tertiary/aromatic N) is 3. The van der Waals surface area contributed by atoms with Gasteiger partial charge in [-0.1, -0.05) is 17.7 Å². The SMILES string of the molecule is COCc1nc(Cl)cc(Oc2cccc(N(C)C)c2)n1. The molecule has 0 N–H and O–H groups in total. The van der Waals surface area contributed by atoms with Gasteiger partial charge in [0, 0.05) is 39.0 Å². The van der Waals surface area contributed by atoms with Gasteiger partial charge in [-0.2, -0.15) is 4.98 Å². The first-order chi connectivity index (χ1) is 9.58. The van der Waals surface area contributed by atoms with Gasteiger partial charge < -0.3 is 14.4 Å². The van der Waals surface area contributed by atoms with Crippen molar-refractivity contribution in [2.24, 2.45) is 0 Å². The second-order valence-corrected chi connectivity index (χ2v) is 4.76. The molecule has 0 unspecified atom stereocenters. The molecule has 0 fully saturated rings. The van der Waals surface area contributed by atoms with Gasteiger partial charge in [0.25, 0.3) is 0 Å². The Balaban J connectivity index is 2.23. The molecule has 0 aliphatic heterocycles. The van der Waals surface area contributed by atoms with E-state index in [1.165, 1.54) is 0 Å². The van der Waals surface area contributed by atoms with E-state index in [0.29, 0.717) is 22.6 Å². The minimum Gasteiger partial charge on any atom is -0.439 e. The average Bonchev–Trinajstić information content (AvgIpc) is 2.38. The molecule has 0 amide bonds. The molecule has 1 aromatic heterocycles. The van der Waals surface area contributed by atoms with Crippen molar-refractivity contribution < 1.29 is 9.47 Å². The van der Waals surface area contributed by atoms with Crippen LogP contribution in [-0.2, 0) is 11.3 Å². The Kier molecular flexibility index (Phi) is 4.76. The van der Waals surface area contributed by atoms with Crippen LogP contribution in [-0.4, -0.2) is 31.2 Å². The lowest BCUT2D eigenvalue weighted by Gasteiger charge is -2.13. The summed E-state index contributed by atoms with van der Waals surface area (Å²) in [4.78, 5) is 10.3. The summed E-state index contributed by atoms with van der Waals surface area (Å²) < 4.78 is 10.7. The minimum atomic E-state index is 0.286. The van der Waals surface area contributed by atoms with E-state index in [2.05, 4.69) is 9.97 Å². The van der Waals surface area contributed by atoms with E-state index >= 15 is 0 Å². The van der Waals surface area contributed by atoms with Crippen LogP contribution < -0.4 is 9.64 Å². The highest BCUT2D eigenvalue weighted by atomic mass is 35.5. The van der Waals surface area contributed by atoms with Gasteiger partial charge in [0.1, 0.15) is 17.5 Å². The third kappa shape index (κ3) is 3.82. The van der Waals surface area contributed by atoms with Crippen LogP contribution >= 0.6 is 11.6 Å². The zero-order valence-electron chi connectivity index (χ0n) is 11.6. The summed E-state index contributed by atoms with van der Waals surface area (Å²) >= 11 is 5.94. The lowest BCUT2D eigenvalue weighted by atomic mass is 10.3. The Labute approximate surface area is 123 Å². The molecule has 2 aromatic rings. The van der Waals surface area contributed by atoms with Crippen molar-refractivity contribution in [2.75, 3.05) is 26.1 Å². The molecule has 0 bridgehead atoms. The van der Waals surface area contributed by atoms with Gasteiger partial charge in [-0.05, 0) is 12.1 Å². The molecule has 0 spiro atoms. The van der Waals surface area contributed by atoms with Gasteiger partial charge in [-0.25, -0.2) is 4.98 Å². The summed E-state index contributed by atoms with van der Waals surface area (Å²) in [6.45, 7) is 0.286. The monoisotopic (exact) mass is 293 g/mol. The van der Waals surface area contributed by atoms with E-state index in [-0.39, 0.29) is 6.61 Å². The third-order valence-electron chi connectivity index (χ3n) is 2.55. The molecule has 106 valence electrons. The molecule has 0 saturated heterocycles. The first kappa shape index (κ1) is 14.6. The van der Waals surface area contributed by atoms with Crippen molar-refractivity contribution in [2.45, 2.75) is 6.61 Å². The largest absolute Gasteiger partial charge is 0.439 e. The molecule has 0 aliphatic carbocycles. The fraction of sp³-hybridized carbons (Fsp3) is 0.286. The topological polar surface area (TPSA) is 47.5 Å². The van der Waals surface area contributed by atoms with Gasteiger partial charge in [-0.15, -0.1) is 0 Å². The van der Waals surface area contributed by atoms with Crippen molar-refractivity contribution in [1.82, 2.24) is 9.97 Å². The van der Waals surface area contributed by atoms with E-state index in [1.54, 1.807) is 13.2 Å². The Hall–Kier alpha value is -1.85. The fourth-order valence-corrected chi connectivity index (χ4v) is 1.82. The number of halogens is 1. The molecule has 0 saturated carbocycles. The first-order valence-electron chi connectivity index (χ1n) is 6.06. The highest BCUT2D eigenvalue weighted by Gasteiger charge is 2.06. The molecule has 20 heavy (non-hydrogen) atoms. The zero-order chi connectivity index (χ0) is 14.5. The minimum absolute atomic E-state index is 0.286. The van der Waals surface area contributed by atoms with Crippen molar-refractivity contribution in [3.8, 4) is 11.6 Å². The van der Waals surface area contributed by atoms with Gasteiger partial charge in [-0.3, -0.25) is 0 Å². The van der Waals surface area contributed by atoms with Crippen molar-refractivity contribution >= 4 is 17.3 Å². The average molecular weight is 294 g/mol. The van der Waals surface area contributed by atoms with Gasteiger partial charge in [0.15, 0.2) is 5.82 Å². The van der Waals surface area contributed by atoms with Crippen molar-refractivity contribution in [3.63, 3.8) is 0 Å². The van der Waals surface area contributed by atoms with E-state index in [4.69, 9.17) is 21.1 Å². The van der Waals surface area contributed by atoms with Crippen LogP contribution in [0.4, 0.5) is 5.69 Å². The van der Waals surface area contributed by atoms with Crippen molar-refractivity contribution in [1.29, 1.82) is 0 Å². The standard InChI is InChI=1S/C14H16ClN3O2/c1-18(2)10-5-4-6-11(7-10)20-14-8-12(15)16-13(17-14)9-19-3/h4-8H,9H2,1-3H3. The summed E-state index contributed by atoms with van der Waals surface area (Å²) in [6, 6.07) is 9.27. The van der Waals surface area contributed by atoms with E-state index < -0.39 is 0 Å². The number of methoxy groups -OCH3 is 1. The molecule has 0 radical (unpaired) electrons. The Morgan fingerprint density at radius 1 is 1.20 bits per heavy atom. The van der Waals surface area contributed by atoms with E-state index in [1.807, 2.05) is 43.3 Å². The Morgan fingerprint density at radius 3 is 2.70 bits per heavy atom. The highest BCUT2D eigenvalue weighted by molar-refractivity contribution is 6.29. The van der Waals surface area contributed by atoms with Gasteiger partial charge >= 0.3 is 0 Å². The molecular weight excluding hydrogens is 278 g/mol. The predicted molar refractivity (Wildman–Crippen MR) is 78.6 cm³/mol. The summed E-state index contributed by atoms with van der Waals surface area (Å²) in [7, 11) is 5.51. The maximum atomic E-state index is 5.94. The zero-order valence-corrected chi connectivity index (χ0v) is 12.4. The number of ether oxygens (including phenoxy) is 2. The van der Waals surface area contributed by atoms with Gasteiger partial charge in [0.05, 0.1) is 0 Å². The van der Waals surface area contributed by atoms with Crippen LogP contribution in [0.5, 0.6) is 11.6 Å². The number of anilines is 1. The number of rotatable bonds is 5. The number of hydrogen-bond acceptors (Lipinski definition) is 5. The quantitative estimate of drug-likeness (QED) is 0.793. The first-order valence-corrected chi connectivity index (χ1v) is 6.44. The number of benzene rings is 1. The third-order valence-corrected chi connectivity index (χ3v) is 2.74. The van der Waals surface area contributed by atoms with Crippen LogP contribution in [0, 0.1) is 0 Å². The number of aromatic nitrogens is 2. The van der Waals surface area contributed by atoms with E-state index in [9.17, 15) is 0 Å². The Bertz CT molecular complexity index is 590. The normalized spacial score (nSPS) is 10.4. The van der Waals surface area contributed by atoms with Gasteiger partial charge in [0.2, 0.25) is 5.88 Å². The molecule has 1 heterocycles. The van der Waals surface area contributed by atoms with E-state index in [0.717, 1.165) is 5.69 Å². The molecule has 2 rings (SSSR count). The second kappa shape index (κ2) is 6.54. The lowest BCUT2D eigenvalue weighted by Crippen LogP contribution is -2.08. The van der Waals surface area contributed by atoms with Crippen LogP contribution in [0.1, 0.15) is 5.82 Å². The Morgan fingerprint density at radius 2 is 2.00 bits per heavy atom. The maximum Gasteiger partial charge on any atom is 0.224 e.